The molecule has 0 aliphatic rings. The zero-order valence-corrected chi connectivity index (χ0v) is 12.5. The van der Waals surface area contributed by atoms with E-state index in [1.165, 1.54) is 0 Å². The Labute approximate surface area is 128 Å². The zero-order valence-electron chi connectivity index (χ0n) is 11.0. The Bertz CT molecular complexity index is 602. The SMILES string of the molecule is Cc1ccc(N)cc1OCCOc1ccc(Cl)c(Cl)c1. The maximum Gasteiger partial charge on any atom is 0.124 e. The van der Waals surface area contributed by atoms with Crippen LogP contribution in [-0.2, 0) is 0 Å². The lowest BCUT2D eigenvalue weighted by atomic mass is 10.2. The summed E-state index contributed by atoms with van der Waals surface area (Å²) in [6, 6.07) is 10.7. The molecule has 106 valence electrons. The number of nitrogens with two attached hydrogens (primary N) is 1. The van der Waals surface area contributed by atoms with E-state index in [4.69, 9.17) is 38.4 Å². The van der Waals surface area contributed by atoms with Crippen molar-refractivity contribution in [2.24, 2.45) is 0 Å². The number of nitrogen functional groups attached to an aromatic ring is 1. The summed E-state index contributed by atoms with van der Waals surface area (Å²) in [5, 5.41) is 0.974. The van der Waals surface area contributed by atoms with Crippen LogP contribution in [0.4, 0.5) is 5.69 Å². The van der Waals surface area contributed by atoms with Crippen molar-refractivity contribution in [1.29, 1.82) is 0 Å². The minimum atomic E-state index is 0.409. The van der Waals surface area contributed by atoms with E-state index in [-0.39, 0.29) is 0 Å². The Kier molecular flexibility index (Phi) is 4.99. The monoisotopic (exact) mass is 311 g/mol. The van der Waals surface area contributed by atoms with E-state index in [1.807, 2.05) is 19.1 Å². The van der Waals surface area contributed by atoms with Gasteiger partial charge in [-0.3, -0.25) is 0 Å². The van der Waals surface area contributed by atoms with Crippen LogP contribution in [-0.4, -0.2) is 13.2 Å². The van der Waals surface area contributed by atoms with Crippen molar-refractivity contribution in [3.8, 4) is 11.5 Å². The zero-order chi connectivity index (χ0) is 14.5. The van der Waals surface area contributed by atoms with Crippen LogP contribution in [0.2, 0.25) is 10.0 Å². The number of hydrogen-bond acceptors (Lipinski definition) is 3. The fourth-order valence-corrected chi connectivity index (χ4v) is 1.94. The summed E-state index contributed by atoms with van der Waals surface area (Å²) in [6.07, 6.45) is 0. The molecule has 0 aliphatic heterocycles. The minimum Gasteiger partial charge on any atom is -0.490 e. The Balaban J connectivity index is 1.84. The number of anilines is 1. The summed E-state index contributed by atoms with van der Waals surface area (Å²) >= 11 is 11.7. The molecule has 0 unspecified atom stereocenters. The molecule has 0 amide bonds. The van der Waals surface area contributed by atoms with Crippen molar-refractivity contribution in [2.45, 2.75) is 6.92 Å². The summed E-state index contributed by atoms with van der Waals surface area (Å²) < 4.78 is 11.2. The molecule has 3 nitrogen and oxygen atoms in total. The van der Waals surface area contributed by atoms with E-state index >= 15 is 0 Å². The Morgan fingerprint density at radius 2 is 1.70 bits per heavy atom. The van der Waals surface area contributed by atoms with Gasteiger partial charge in [-0.25, -0.2) is 0 Å². The molecule has 20 heavy (non-hydrogen) atoms. The van der Waals surface area contributed by atoms with E-state index in [1.54, 1.807) is 24.3 Å². The van der Waals surface area contributed by atoms with Crippen molar-refractivity contribution in [3.05, 3.63) is 52.0 Å². The molecule has 0 saturated carbocycles. The largest absolute Gasteiger partial charge is 0.490 e. The van der Waals surface area contributed by atoms with Crippen LogP contribution < -0.4 is 15.2 Å². The molecule has 0 radical (unpaired) electrons. The van der Waals surface area contributed by atoms with Gasteiger partial charge in [-0.2, -0.15) is 0 Å². The fraction of sp³-hybridized carbons (Fsp3) is 0.200. The lowest BCUT2D eigenvalue weighted by molar-refractivity contribution is 0.216. The first kappa shape index (κ1) is 14.8. The summed E-state index contributed by atoms with van der Waals surface area (Å²) in [5.41, 5.74) is 7.43. The minimum absolute atomic E-state index is 0.409. The molecule has 0 fully saturated rings. The molecule has 0 aromatic heterocycles. The van der Waals surface area contributed by atoms with Gasteiger partial charge in [0.05, 0.1) is 10.0 Å². The highest BCUT2D eigenvalue weighted by Gasteiger charge is 2.02. The predicted octanol–water partition coefficient (Wildman–Crippen LogP) is 4.34. The maximum absolute atomic E-state index is 5.90. The van der Waals surface area contributed by atoms with Crippen LogP contribution >= 0.6 is 23.2 Å². The average Bonchev–Trinajstić information content (AvgIpc) is 2.42. The maximum atomic E-state index is 5.90. The van der Waals surface area contributed by atoms with Crippen molar-refractivity contribution in [2.75, 3.05) is 18.9 Å². The third kappa shape index (κ3) is 3.95. The topological polar surface area (TPSA) is 44.5 Å². The number of halogens is 2. The van der Waals surface area contributed by atoms with Crippen LogP contribution in [0.5, 0.6) is 11.5 Å². The molecule has 0 atom stereocenters. The molecule has 2 aromatic carbocycles. The number of ether oxygens (including phenoxy) is 2. The molecule has 2 rings (SSSR count). The van der Waals surface area contributed by atoms with Gasteiger partial charge >= 0.3 is 0 Å². The van der Waals surface area contributed by atoms with E-state index in [0.717, 1.165) is 11.3 Å². The van der Waals surface area contributed by atoms with Crippen molar-refractivity contribution < 1.29 is 9.47 Å². The van der Waals surface area contributed by atoms with Gasteiger partial charge in [-0.05, 0) is 30.7 Å². The second-order valence-corrected chi connectivity index (χ2v) is 5.11. The summed E-state index contributed by atoms with van der Waals surface area (Å²) in [5.74, 6) is 1.43. The standard InChI is InChI=1S/C15H15Cl2NO2/c1-10-2-3-11(18)8-15(10)20-7-6-19-12-4-5-13(16)14(17)9-12/h2-5,8-9H,6-7,18H2,1H3. The number of rotatable bonds is 5. The van der Waals surface area contributed by atoms with Gasteiger partial charge in [0, 0.05) is 17.8 Å². The molecule has 5 heteroatoms. The van der Waals surface area contributed by atoms with Crippen molar-refractivity contribution in [3.63, 3.8) is 0 Å². The van der Waals surface area contributed by atoms with Crippen LogP contribution in [0.3, 0.4) is 0 Å². The van der Waals surface area contributed by atoms with Crippen molar-refractivity contribution >= 4 is 28.9 Å². The smallest absolute Gasteiger partial charge is 0.124 e. The van der Waals surface area contributed by atoms with Crippen molar-refractivity contribution in [1.82, 2.24) is 0 Å². The van der Waals surface area contributed by atoms with E-state index in [9.17, 15) is 0 Å². The summed E-state index contributed by atoms with van der Waals surface area (Å²) in [7, 11) is 0. The molecule has 2 N–H and O–H groups in total. The second kappa shape index (κ2) is 6.73. The predicted molar refractivity (Wildman–Crippen MR) is 83.0 cm³/mol. The van der Waals surface area contributed by atoms with Gasteiger partial charge in [-0.15, -0.1) is 0 Å². The second-order valence-electron chi connectivity index (χ2n) is 4.30. The van der Waals surface area contributed by atoms with Crippen LogP contribution in [0.1, 0.15) is 5.56 Å². The van der Waals surface area contributed by atoms with Gasteiger partial charge in [0.2, 0.25) is 0 Å². The molecule has 0 saturated heterocycles. The van der Waals surface area contributed by atoms with Gasteiger partial charge in [-0.1, -0.05) is 29.3 Å². The van der Waals surface area contributed by atoms with E-state index in [2.05, 4.69) is 0 Å². The molecule has 0 heterocycles. The highest BCUT2D eigenvalue weighted by molar-refractivity contribution is 6.42. The van der Waals surface area contributed by atoms with Crippen LogP contribution in [0.15, 0.2) is 36.4 Å². The van der Waals surface area contributed by atoms with E-state index < -0.39 is 0 Å². The summed E-state index contributed by atoms with van der Waals surface area (Å²) in [4.78, 5) is 0. The lowest BCUT2D eigenvalue weighted by Crippen LogP contribution is -2.09. The molecule has 0 spiro atoms. The third-order valence-corrected chi connectivity index (χ3v) is 3.45. The van der Waals surface area contributed by atoms with Gasteiger partial charge in [0.1, 0.15) is 24.7 Å². The Morgan fingerprint density at radius 3 is 2.45 bits per heavy atom. The summed E-state index contributed by atoms with van der Waals surface area (Å²) in [6.45, 7) is 2.80. The quantitative estimate of drug-likeness (QED) is 0.660. The average molecular weight is 312 g/mol. The molecule has 2 aromatic rings. The highest BCUT2D eigenvalue weighted by atomic mass is 35.5. The van der Waals surface area contributed by atoms with Gasteiger partial charge < -0.3 is 15.2 Å². The fourth-order valence-electron chi connectivity index (χ4n) is 1.65. The first-order valence-corrected chi connectivity index (χ1v) is 6.88. The molecule has 0 aliphatic carbocycles. The number of hydrogen-bond donors (Lipinski definition) is 1. The van der Waals surface area contributed by atoms with Crippen LogP contribution in [0.25, 0.3) is 0 Å². The number of benzene rings is 2. The lowest BCUT2D eigenvalue weighted by Gasteiger charge is -2.11. The molecular weight excluding hydrogens is 297 g/mol. The Hall–Kier alpha value is -1.58. The molecular formula is C15H15Cl2NO2. The Morgan fingerprint density at radius 1 is 0.950 bits per heavy atom. The van der Waals surface area contributed by atoms with Gasteiger partial charge in [0.15, 0.2) is 0 Å². The van der Waals surface area contributed by atoms with E-state index in [0.29, 0.717) is 34.7 Å². The normalized spacial score (nSPS) is 10.3. The third-order valence-electron chi connectivity index (χ3n) is 2.71. The van der Waals surface area contributed by atoms with Gasteiger partial charge in [0.25, 0.3) is 0 Å². The van der Waals surface area contributed by atoms with Crippen LogP contribution in [0, 0.1) is 6.92 Å². The number of aryl methyl sites for hydroxylation is 1. The first-order chi connectivity index (χ1) is 9.56. The highest BCUT2D eigenvalue weighted by Crippen LogP contribution is 2.26. The first-order valence-electron chi connectivity index (χ1n) is 6.13. The molecule has 0 bridgehead atoms.